The van der Waals surface area contributed by atoms with Gasteiger partial charge in [0.2, 0.25) is 11.6 Å². The van der Waals surface area contributed by atoms with E-state index in [1.807, 2.05) is 12.1 Å². The Balaban J connectivity index is 1.81. The van der Waals surface area contributed by atoms with Gasteiger partial charge in [0.05, 0.1) is 6.61 Å². The summed E-state index contributed by atoms with van der Waals surface area (Å²) in [6, 6.07) is 7.47. The van der Waals surface area contributed by atoms with Crippen molar-refractivity contribution in [3.63, 3.8) is 0 Å². The predicted molar refractivity (Wildman–Crippen MR) is 101 cm³/mol. The number of esters is 1. The number of fused-ring (bicyclic) bond motifs is 1. The maximum Gasteiger partial charge on any atom is 0.361 e. The zero-order chi connectivity index (χ0) is 20.3. The van der Waals surface area contributed by atoms with Crippen LogP contribution in [0.25, 0.3) is 11.1 Å². The van der Waals surface area contributed by atoms with Crippen molar-refractivity contribution in [2.75, 3.05) is 11.9 Å². The van der Waals surface area contributed by atoms with Crippen LogP contribution in [0.15, 0.2) is 39.9 Å². The summed E-state index contributed by atoms with van der Waals surface area (Å²) >= 11 is 0. The van der Waals surface area contributed by atoms with E-state index in [1.54, 1.807) is 19.1 Å². The van der Waals surface area contributed by atoms with Crippen LogP contribution in [0.1, 0.15) is 42.7 Å². The fourth-order valence-electron chi connectivity index (χ4n) is 2.64. The predicted octanol–water partition coefficient (Wildman–Crippen LogP) is 2.32. The van der Waals surface area contributed by atoms with Gasteiger partial charge in [0, 0.05) is 5.69 Å². The lowest BCUT2D eigenvalue weighted by molar-refractivity contribution is -0.116. The first kappa shape index (κ1) is 19.3. The summed E-state index contributed by atoms with van der Waals surface area (Å²) in [6.45, 7) is 5.65. The molecule has 1 N–H and O–H groups in total. The van der Waals surface area contributed by atoms with E-state index in [9.17, 15) is 14.4 Å². The van der Waals surface area contributed by atoms with E-state index >= 15 is 0 Å². The average molecular weight is 384 g/mol. The molecule has 3 rings (SSSR count). The first-order valence-corrected chi connectivity index (χ1v) is 8.82. The Labute approximate surface area is 160 Å². The van der Waals surface area contributed by atoms with Crippen LogP contribution < -0.4 is 10.9 Å². The molecule has 0 aliphatic carbocycles. The molecule has 0 spiro atoms. The summed E-state index contributed by atoms with van der Waals surface area (Å²) in [4.78, 5) is 40.8. The standard InChI is InChI=1S/C19H20N4O5/c1-4-27-19(26)16-15-17(28-22-16)20-10-23(18(15)25)9-14(24)21-13-7-5-12(6-8-13)11(2)3/h5-8,10-11H,4,9H2,1-3H3,(H,21,24). The lowest BCUT2D eigenvalue weighted by Crippen LogP contribution is -2.28. The highest BCUT2D eigenvalue weighted by atomic mass is 16.5. The number of anilines is 1. The number of benzene rings is 1. The van der Waals surface area contributed by atoms with E-state index in [4.69, 9.17) is 9.26 Å². The minimum atomic E-state index is -0.785. The molecule has 0 atom stereocenters. The Morgan fingerprint density at radius 2 is 1.96 bits per heavy atom. The Morgan fingerprint density at radius 3 is 2.61 bits per heavy atom. The molecule has 0 saturated carbocycles. The van der Waals surface area contributed by atoms with E-state index in [1.165, 1.54) is 6.33 Å². The number of hydrogen-bond donors (Lipinski definition) is 1. The Kier molecular flexibility index (Phi) is 5.53. The number of carbonyl (C=O) groups is 2. The molecule has 1 aromatic carbocycles. The number of hydrogen-bond acceptors (Lipinski definition) is 7. The van der Waals surface area contributed by atoms with Crippen LogP contribution in [0.2, 0.25) is 0 Å². The summed E-state index contributed by atoms with van der Waals surface area (Å²) in [5.74, 6) is -0.805. The molecule has 1 amide bonds. The Bertz CT molecular complexity index is 1070. The fourth-order valence-corrected chi connectivity index (χ4v) is 2.64. The molecule has 9 heteroatoms. The summed E-state index contributed by atoms with van der Waals surface area (Å²) < 4.78 is 10.9. The van der Waals surface area contributed by atoms with E-state index in [2.05, 4.69) is 29.3 Å². The molecule has 0 unspecified atom stereocenters. The van der Waals surface area contributed by atoms with Crippen molar-refractivity contribution in [2.24, 2.45) is 0 Å². The molecule has 3 aromatic rings. The first-order valence-electron chi connectivity index (χ1n) is 8.82. The summed E-state index contributed by atoms with van der Waals surface area (Å²) in [5.41, 5.74) is 0.818. The maximum absolute atomic E-state index is 12.7. The van der Waals surface area contributed by atoms with Crippen molar-refractivity contribution in [3.05, 3.63) is 52.2 Å². The molecule has 0 fully saturated rings. The van der Waals surface area contributed by atoms with Crippen molar-refractivity contribution in [1.82, 2.24) is 14.7 Å². The van der Waals surface area contributed by atoms with Gasteiger partial charge in [-0.3, -0.25) is 14.2 Å². The number of nitrogens with zero attached hydrogens (tertiary/aromatic N) is 3. The monoisotopic (exact) mass is 384 g/mol. The van der Waals surface area contributed by atoms with Gasteiger partial charge in [0.25, 0.3) is 11.3 Å². The molecule has 9 nitrogen and oxygen atoms in total. The lowest BCUT2D eigenvalue weighted by atomic mass is 10.0. The topological polar surface area (TPSA) is 116 Å². The highest BCUT2D eigenvalue weighted by Gasteiger charge is 2.22. The normalized spacial score (nSPS) is 11.0. The van der Waals surface area contributed by atoms with Crippen molar-refractivity contribution in [2.45, 2.75) is 33.2 Å². The Hall–Kier alpha value is -3.49. The lowest BCUT2D eigenvalue weighted by Gasteiger charge is -2.09. The molecular weight excluding hydrogens is 364 g/mol. The molecule has 2 heterocycles. The van der Waals surface area contributed by atoms with E-state index in [-0.39, 0.29) is 29.9 Å². The summed E-state index contributed by atoms with van der Waals surface area (Å²) in [6.07, 6.45) is 1.17. The number of ether oxygens (including phenoxy) is 1. The molecule has 0 aliphatic rings. The van der Waals surface area contributed by atoms with Gasteiger partial charge in [-0.15, -0.1) is 0 Å². The molecular formula is C19H20N4O5. The summed E-state index contributed by atoms with van der Waals surface area (Å²) in [5, 5.41) is 6.17. The number of amides is 1. The van der Waals surface area contributed by atoms with Crippen LogP contribution in [0.5, 0.6) is 0 Å². The quantitative estimate of drug-likeness (QED) is 0.648. The van der Waals surface area contributed by atoms with Crippen molar-refractivity contribution in [3.8, 4) is 0 Å². The van der Waals surface area contributed by atoms with Crippen LogP contribution in [0, 0.1) is 0 Å². The largest absolute Gasteiger partial charge is 0.461 e. The SMILES string of the molecule is CCOC(=O)c1noc2ncn(CC(=O)Nc3ccc(C(C)C)cc3)c(=O)c12. The molecule has 0 bridgehead atoms. The number of nitrogens with one attached hydrogen (secondary N) is 1. The Morgan fingerprint density at radius 1 is 1.25 bits per heavy atom. The molecule has 146 valence electrons. The third kappa shape index (κ3) is 3.93. The smallest absolute Gasteiger partial charge is 0.361 e. The zero-order valence-electron chi connectivity index (χ0n) is 15.8. The van der Waals surface area contributed by atoms with Crippen LogP contribution in [-0.2, 0) is 16.1 Å². The summed E-state index contributed by atoms with van der Waals surface area (Å²) in [7, 11) is 0. The van der Waals surface area contributed by atoms with Gasteiger partial charge in [-0.05, 0) is 30.5 Å². The van der Waals surface area contributed by atoms with Gasteiger partial charge in [-0.25, -0.2) is 9.78 Å². The second-order valence-corrected chi connectivity index (χ2v) is 6.43. The second-order valence-electron chi connectivity index (χ2n) is 6.43. The van der Waals surface area contributed by atoms with Gasteiger partial charge in [0.15, 0.2) is 0 Å². The van der Waals surface area contributed by atoms with Crippen LogP contribution >= 0.6 is 0 Å². The van der Waals surface area contributed by atoms with E-state index in [0.717, 1.165) is 10.1 Å². The van der Waals surface area contributed by atoms with Crippen molar-refractivity contribution in [1.29, 1.82) is 0 Å². The van der Waals surface area contributed by atoms with Gasteiger partial charge >= 0.3 is 5.97 Å². The number of rotatable bonds is 6. The zero-order valence-corrected chi connectivity index (χ0v) is 15.8. The molecule has 0 radical (unpaired) electrons. The maximum atomic E-state index is 12.7. The van der Waals surface area contributed by atoms with Gasteiger partial charge in [0.1, 0.15) is 18.3 Å². The van der Waals surface area contributed by atoms with Crippen LogP contribution in [0.4, 0.5) is 5.69 Å². The van der Waals surface area contributed by atoms with Crippen LogP contribution in [-0.4, -0.2) is 33.2 Å². The third-order valence-electron chi connectivity index (χ3n) is 4.11. The highest BCUT2D eigenvalue weighted by molar-refractivity contribution is 5.99. The van der Waals surface area contributed by atoms with Crippen LogP contribution in [0.3, 0.4) is 0 Å². The van der Waals surface area contributed by atoms with E-state index < -0.39 is 17.4 Å². The molecule has 0 aliphatic heterocycles. The van der Waals surface area contributed by atoms with Gasteiger partial charge in [-0.1, -0.05) is 31.1 Å². The van der Waals surface area contributed by atoms with Gasteiger partial charge < -0.3 is 14.6 Å². The third-order valence-corrected chi connectivity index (χ3v) is 4.11. The number of aromatic nitrogens is 3. The van der Waals surface area contributed by atoms with Crippen molar-refractivity contribution >= 4 is 28.7 Å². The highest BCUT2D eigenvalue weighted by Crippen LogP contribution is 2.17. The average Bonchev–Trinajstić information content (AvgIpc) is 3.09. The second kappa shape index (κ2) is 8.03. The minimum absolute atomic E-state index is 0.0889. The fraction of sp³-hybridized carbons (Fsp3) is 0.316. The molecule has 0 saturated heterocycles. The minimum Gasteiger partial charge on any atom is -0.461 e. The van der Waals surface area contributed by atoms with Gasteiger partial charge in [-0.2, -0.15) is 0 Å². The first-order chi connectivity index (χ1) is 13.4. The molecule has 28 heavy (non-hydrogen) atoms. The number of carbonyl (C=O) groups excluding carboxylic acids is 2. The molecule has 2 aromatic heterocycles. The van der Waals surface area contributed by atoms with E-state index in [0.29, 0.717) is 11.6 Å². The van der Waals surface area contributed by atoms with Crippen molar-refractivity contribution < 1.29 is 18.8 Å².